The van der Waals surface area contributed by atoms with E-state index >= 15 is 0 Å². The molecule has 0 saturated heterocycles. The Balaban J connectivity index is 2.81. The van der Waals surface area contributed by atoms with E-state index in [1.54, 1.807) is 6.92 Å². The van der Waals surface area contributed by atoms with Crippen LogP contribution in [0.5, 0.6) is 0 Å². The third-order valence-corrected chi connectivity index (χ3v) is 1.86. The summed E-state index contributed by atoms with van der Waals surface area (Å²) in [5.41, 5.74) is 1.92. The summed E-state index contributed by atoms with van der Waals surface area (Å²) < 4.78 is 0. The molecule has 0 unspecified atom stereocenters. The predicted octanol–water partition coefficient (Wildman–Crippen LogP) is 3.31. The van der Waals surface area contributed by atoms with Gasteiger partial charge in [-0.05, 0) is 18.9 Å². The Labute approximate surface area is 79.1 Å². The van der Waals surface area contributed by atoms with E-state index in [4.69, 9.17) is 0 Å². The first-order chi connectivity index (χ1) is 6.24. The smallest absolute Gasteiger partial charge is 0.159 e. The maximum atomic E-state index is 11.0. The molecule has 0 aliphatic heterocycles. The monoisotopic (exact) mass is 174 g/mol. The van der Waals surface area contributed by atoms with E-state index in [0.29, 0.717) is 0 Å². The molecule has 0 saturated carbocycles. The average Bonchev–Trinajstić information content (AvgIpc) is 2.15. The van der Waals surface area contributed by atoms with Gasteiger partial charge >= 0.3 is 0 Å². The number of carbonyl (C=O) groups is 1. The zero-order chi connectivity index (χ0) is 9.68. The second-order valence-electron chi connectivity index (χ2n) is 2.99. The average molecular weight is 174 g/mol. The molecule has 1 heteroatoms. The SMILES string of the molecule is CC/C=C/c1ccc(C(C)=O)cc1. The van der Waals surface area contributed by atoms with E-state index < -0.39 is 0 Å². The number of rotatable bonds is 3. The zero-order valence-corrected chi connectivity index (χ0v) is 8.08. The molecule has 0 heterocycles. The van der Waals surface area contributed by atoms with Gasteiger partial charge in [0.15, 0.2) is 5.78 Å². The first-order valence-electron chi connectivity index (χ1n) is 4.51. The number of allylic oxidation sites excluding steroid dienone is 1. The summed E-state index contributed by atoms with van der Waals surface area (Å²) in [7, 11) is 0. The molecule has 0 bridgehead atoms. The second-order valence-corrected chi connectivity index (χ2v) is 2.99. The van der Waals surface area contributed by atoms with Crippen LogP contribution in [0.25, 0.3) is 6.08 Å². The van der Waals surface area contributed by atoms with Gasteiger partial charge in [0.1, 0.15) is 0 Å². The Bertz CT molecular complexity index is 306. The van der Waals surface area contributed by atoms with Crippen LogP contribution >= 0.6 is 0 Å². The van der Waals surface area contributed by atoms with Crippen molar-refractivity contribution in [3.63, 3.8) is 0 Å². The van der Waals surface area contributed by atoms with E-state index in [-0.39, 0.29) is 5.78 Å². The van der Waals surface area contributed by atoms with Crippen molar-refractivity contribution in [2.45, 2.75) is 20.3 Å². The maximum Gasteiger partial charge on any atom is 0.159 e. The molecule has 68 valence electrons. The van der Waals surface area contributed by atoms with Crippen LogP contribution in [0.2, 0.25) is 0 Å². The normalized spacial score (nSPS) is 10.6. The van der Waals surface area contributed by atoms with Gasteiger partial charge in [-0.15, -0.1) is 0 Å². The van der Waals surface area contributed by atoms with Crippen molar-refractivity contribution in [2.24, 2.45) is 0 Å². The highest BCUT2D eigenvalue weighted by Crippen LogP contribution is 2.06. The molecule has 13 heavy (non-hydrogen) atoms. The van der Waals surface area contributed by atoms with Crippen LogP contribution in [0.3, 0.4) is 0 Å². The summed E-state index contributed by atoms with van der Waals surface area (Å²) in [4.78, 5) is 11.0. The van der Waals surface area contributed by atoms with Crippen molar-refractivity contribution in [1.82, 2.24) is 0 Å². The number of hydrogen-bond acceptors (Lipinski definition) is 1. The van der Waals surface area contributed by atoms with Crippen LogP contribution in [-0.4, -0.2) is 5.78 Å². The van der Waals surface area contributed by atoms with Gasteiger partial charge in [-0.3, -0.25) is 4.79 Å². The predicted molar refractivity (Wildman–Crippen MR) is 55.8 cm³/mol. The van der Waals surface area contributed by atoms with E-state index in [2.05, 4.69) is 19.1 Å². The van der Waals surface area contributed by atoms with Crippen molar-refractivity contribution in [3.8, 4) is 0 Å². The maximum absolute atomic E-state index is 11.0. The Hall–Kier alpha value is -1.37. The standard InChI is InChI=1S/C12H14O/c1-3-4-5-11-6-8-12(9-7-11)10(2)13/h4-9H,3H2,1-2H3/b5-4+. The van der Waals surface area contributed by atoms with Gasteiger partial charge in [0.25, 0.3) is 0 Å². The summed E-state index contributed by atoms with van der Waals surface area (Å²) in [6.07, 6.45) is 5.20. The van der Waals surface area contributed by atoms with Crippen molar-refractivity contribution in [3.05, 3.63) is 41.5 Å². The third kappa shape index (κ3) is 2.86. The Kier molecular flexibility index (Phi) is 3.44. The van der Waals surface area contributed by atoms with Crippen LogP contribution < -0.4 is 0 Å². The topological polar surface area (TPSA) is 17.1 Å². The molecule has 0 radical (unpaired) electrons. The second kappa shape index (κ2) is 4.61. The number of Topliss-reactive ketones (excluding diaryl/α,β-unsaturated/α-hetero) is 1. The molecule has 0 aliphatic carbocycles. The number of carbonyl (C=O) groups excluding carboxylic acids is 1. The van der Waals surface area contributed by atoms with E-state index in [9.17, 15) is 4.79 Å². The molecule has 1 nitrogen and oxygen atoms in total. The van der Waals surface area contributed by atoms with Crippen molar-refractivity contribution < 1.29 is 4.79 Å². The molecule has 1 rings (SSSR count). The van der Waals surface area contributed by atoms with Crippen LogP contribution in [0.4, 0.5) is 0 Å². The fraction of sp³-hybridized carbons (Fsp3) is 0.250. The lowest BCUT2D eigenvalue weighted by molar-refractivity contribution is 0.101. The summed E-state index contributed by atoms with van der Waals surface area (Å²) in [6, 6.07) is 7.64. The highest BCUT2D eigenvalue weighted by molar-refractivity contribution is 5.94. The molecular formula is C12H14O. The Morgan fingerprint density at radius 2 is 1.92 bits per heavy atom. The number of hydrogen-bond donors (Lipinski definition) is 0. The summed E-state index contributed by atoms with van der Waals surface area (Å²) in [6.45, 7) is 3.68. The minimum Gasteiger partial charge on any atom is -0.295 e. The van der Waals surface area contributed by atoms with Gasteiger partial charge in [0, 0.05) is 5.56 Å². The van der Waals surface area contributed by atoms with Crippen LogP contribution in [0, 0.1) is 0 Å². The van der Waals surface area contributed by atoms with Crippen molar-refractivity contribution in [2.75, 3.05) is 0 Å². The first-order valence-corrected chi connectivity index (χ1v) is 4.51. The van der Waals surface area contributed by atoms with Crippen LogP contribution in [-0.2, 0) is 0 Å². The lowest BCUT2D eigenvalue weighted by atomic mass is 10.1. The molecule has 0 N–H and O–H groups in total. The lowest BCUT2D eigenvalue weighted by Crippen LogP contribution is -1.90. The molecular weight excluding hydrogens is 160 g/mol. The number of benzene rings is 1. The fourth-order valence-electron chi connectivity index (χ4n) is 1.08. The Morgan fingerprint density at radius 3 is 2.38 bits per heavy atom. The molecule has 1 aromatic rings. The molecule has 0 fully saturated rings. The molecule has 0 atom stereocenters. The van der Waals surface area contributed by atoms with Crippen LogP contribution in [0.1, 0.15) is 36.2 Å². The molecule has 1 aromatic carbocycles. The largest absolute Gasteiger partial charge is 0.295 e. The summed E-state index contributed by atoms with van der Waals surface area (Å²) in [5, 5.41) is 0. The molecule has 0 aliphatic rings. The van der Waals surface area contributed by atoms with Crippen molar-refractivity contribution in [1.29, 1.82) is 0 Å². The van der Waals surface area contributed by atoms with E-state index in [1.807, 2.05) is 24.3 Å². The Morgan fingerprint density at radius 1 is 1.31 bits per heavy atom. The zero-order valence-electron chi connectivity index (χ0n) is 8.08. The first kappa shape index (κ1) is 9.72. The van der Waals surface area contributed by atoms with E-state index in [0.717, 1.165) is 17.5 Å². The van der Waals surface area contributed by atoms with Crippen LogP contribution in [0.15, 0.2) is 30.3 Å². The minimum atomic E-state index is 0.117. The summed E-state index contributed by atoms with van der Waals surface area (Å²) in [5.74, 6) is 0.117. The third-order valence-electron chi connectivity index (χ3n) is 1.86. The lowest BCUT2D eigenvalue weighted by Gasteiger charge is -1.96. The summed E-state index contributed by atoms with van der Waals surface area (Å²) >= 11 is 0. The molecule has 0 spiro atoms. The van der Waals surface area contributed by atoms with Crippen molar-refractivity contribution >= 4 is 11.9 Å². The number of ketones is 1. The van der Waals surface area contributed by atoms with Gasteiger partial charge in [0.05, 0.1) is 0 Å². The minimum absolute atomic E-state index is 0.117. The van der Waals surface area contributed by atoms with Gasteiger partial charge in [-0.2, -0.15) is 0 Å². The molecule has 0 amide bonds. The van der Waals surface area contributed by atoms with Gasteiger partial charge in [-0.1, -0.05) is 43.3 Å². The highest BCUT2D eigenvalue weighted by Gasteiger charge is 1.96. The van der Waals surface area contributed by atoms with E-state index in [1.165, 1.54) is 0 Å². The quantitative estimate of drug-likeness (QED) is 0.642. The highest BCUT2D eigenvalue weighted by atomic mass is 16.1. The fourth-order valence-corrected chi connectivity index (χ4v) is 1.08. The van der Waals surface area contributed by atoms with Gasteiger partial charge in [0.2, 0.25) is 0 Å². The van der Waals surface area contributed by atoms with Gasteiger partial charge in [-0.25, -0.2) is 0 Å². The molecule has 0 aromatic heterocycles. The van der Waals surface area contributed by atoms with Gasteiger partial charge < -0.3 is 0 Å².